The average Bonchev–Trinajstić information content (AvgIpc) is 3.46. The Hall–Kier alpha value is -5.87. The summed E-state index contributed by atoms with van der Waals surface area (Å²) in [6, 6.07) is 52.4. The molecule has 0 saturated heterocycles. The van der Waals surface area contributed by atoms with Crippen LogP contribution in [-0.2, 0) is 0 Å². The number of aromatic nitrogens is 4. The molecule has 0 N–H and O–H groups in total. The van der Waals surface area contributed by atoms with Crippen molar-refractivity contribution >= 4 is 16.3 Å². The molecule has 0 saturated carbocycles. The highest BCUT2D eigenvalue weighted by atomic mass is 15.2. The van der Waals surface area contributed by atoms with E-state index in [1.807, 2.05) is 42.5 Å². The van der Waals surface area contributed by atoms with E-state index >= 15 is 0 Å². The number of hydrogen-bond acceptors (Lipinski definition) is 3. The minimum absolute atomic E-state index is 0.704. The van der Waals surface area contributed by atoms with E-state index in [4.69, 9.17) is 15.1 Å². The molecule has 0 aliphatic carbocycles. The molecule has 3 aromatic heterocycles. The molecule has 0 fully saturated rings. The van der Waals surface area contributed by atoms with Crippen molar-refractivity contribution in [3.05, 3.63) is 157 Å². The van der Waals surface area contributed by atoms with E-state index in [9.17, 15) is 0 Å². The molecule has 0 atom stereocenters. The van der Waals surface area contributed by atoms with Gasteiger partial charge in [0.25, 0.3) is 0 Å². The van der Waals surface area contributed by atoms with Gasteiger partial charge in [-0.15, -0.1) is 0 Å². The molecule has 8 aromatic rings. The third kappa shape index (κ3) is 4.54. The largest absolute Gasteiger partial charge is 0.232 e. The molecule has 0 aliphatic rings. The van der Waals surface area contributed by atoms with E-state index in [1.54, 1.807) is 0 Å². The molecular formula is C40H28N4. The average molecular weight is 565 g/mol. The predicted molar refractivity (Wildman–Crippen MR) is 180 cm³/mol. The Bertz CT molecular complexity index is 2210. The van der Waals surface area contributed by atoms with Crippen LogP contribution in [0, 0.1) is 6.92 Å². The summed E-state index contributed by atoms with van der Waals surface area (Å²) >= 11 is 0. The molecular weight excluding hydrogens is 536 g/mol. The van der Waals surface area contributed by atoms with Gasteiger partial charge in [0.1, 0.15) is 0 Å². The molecule has 0 spiro atoms. The maximum atomic E-state index is 5.26. The molecule has 4 heteroatoms. The van der Waals surface area contributed by atoms with Crippen molar-refractivity contribution in [3.63, 3.8) is 0 Å². The molecule has 44 heavy (non-hydrogen) atoms. The Morgan fingerprint density at radius 1 is 0.477 bits per heavy atom. The number of benzene rings is 5. The second-order valence-corrected chi connectivity index (χ2v) is 11.0. The van der Waals surface area contributed by atoms with Crippen molar-refractivity contribution in [3.8, 4) is 56.4 Å². The highest BCUT2D eigenvalue weighted by Crippen LogP contribution is 2.36. The van der Waals surface area contributed by atoms with Crippen LogP contribution in [0.25, 0.3) is 72.7 Å². The monoisotopic (exact) mass is 564 g/mol. The summed E-state index contributed by atoms with van der Waals surface area (Å²) < 4.78 is 2.11. The van der Waals surface area contributed by atoms with Crippen LogP contribution in [-0.4, -0.2) is 19.6 Å². The second kappa shape index (κ2) is 10.8. The molecule has 5 aromatic carbocycles. The van der Waals surface area contributed by atoms with Crippen LogP contribution in [0.5, 0.6) is 0 Å². The van der Waals surface area contributed by atoms with Gasteiger partial charge in [0.05, 0.1) is 28.3 Å². The van der Waals surface area contributed by atoms with Gasteiger partial charge in [-0.2, -0.15) is 5.10 Å². The van der Waals surface area contributed by atoms with Crippen LogP contribution in [0.4, 0.5) is 0 Å². The van der Waals surface area contributed by atoms with Crippen LogP contribution >= 0.6 is 0 Å². The number of nitrogens with zero attached hydrogens (tertiary/aromatic N) is 4. The first kappa shape index (κ1) is 25.8. The van der Waals surface area contributed by atoms with Gasteiger partial charge in [-0.05, 0) is 30.5 Å². The lowest BCUT2D eigenvalue weighted by molar-refractivity contribution is 0.979. The third-order valence-electron chi connectivity index (χ3n) is 8.19. The first-order chi connectivity index (χ1) is 21.7. The summed E-state index contributed by atoms with van der Waals surface area (Å²) in [6.45, 7) is 2.18. The Morgan fingerprint density at radius 3 is 1.77 bits per heavy atom. The molecule has 4 nitrogen and oxygen atoms in total. The maximum absolute atomic E-state index is 5.26. The van der Waals surface area contributed by atoms with Crippen molar-refractivity contribution in [2.24, 2.45) is 0 Å². The van der Waals surface area contributed by atoms with Gasteiger partial charge in [0, 0.05) is 38.8 Å². The van der Waals surface area contributed by atoms with E-state index < -0.39 is 0 Å². The summed E-state index contributed by atoms with van der Waals surface area (Å²) in [5.74, 6) is 0.704. The Kier molecular flexibility index (Phi) is 6.31. The molecule has 0 amide bonds. The smallest absolute Gasteiger partial charge is 0.160 e. The number of hydrogen-bond donors (Lipinski definition) is 0. The quantitative estimate of drug-likeness (QED) is 0.209. The molecule has 0 radical (unpaired) electrons. The van der Waals surface area contributed by atoms with Crippen LogP contribution in [0.15, 0.2) is 152 Å². The lowest BCUT2D eigenvalue weighted by Crippen LogP contribution is -1.96. The number of pyridine rings is 1. The normalized spacial score (nSPS) is 11.3. The maximum Gasteiger partial charge on any atom is 0.160 e. The van der Waals surface area contributed by atoms with Crippen molar-refractivity contribution in [1.82, 2.24) is 19.6 Å². The second-order valence-electron chi connectivity index (χ2n) is 11.0. The fourth-order valence-corrected chi connectivity index (χ4v) is 6.02. The van der Waals surface area contributed by atoms with Crippen LogP contribution < -0.4 is 0 Å². The highest BCUT2D eigenvalue weighted by Gasteiger charge is 2.18. The van der Waals surface area contributed by atoms with Gasteiger partial charge < -0.3 is 0 Å². The highest BCUT2D eigenvalue weighted by molar-refractivity contribution is 6.01. The van der Waals surface area contributed by atoms with E-state index in [0.717, 1.165) is 61.7 Å². The van der Waals surface area contributed by atoms with Crippen molar-refractivity contribution < 1.29 is 0 Å². The summed E-state index contributed by atoms with van der Waals surface area (Å²) in [6.07, 6.45) is 0. The summed E-state index contributed by atoms with van der Waals surface area (Å²) in [5.41, 5.74) is 11.3. The fourth-order valence-electron chi connectivity index (χ4n) is 6.02. The topological polar surface area (TPSA) is 43.1 Å². The first-order valence-electron chi connectivity index (χ1n) is 14.8. The zero-order valence-electron chi connectivity index (χ0n) is 24.2. The van der Waals surface area contributed by atoms with Crippen molar-refractivity contribution in [1.29, 1.82) is 0 Å². The Labute approximate surface area is 256 Å². The standard InChI is InChI=1S/C40H28N4/c1-27-38(43-44-37(29-16-7-3-8-17-29)25-31-20-11-12-23-34(31)39(27)44)33-22-13-21-32(24-33)36-26-35(28-14-5-2-6-15-28)41-40(42-36)30-18-9-4-10-19-30/h2-26H,1H3. The lowest BCUT2D eigenvalue weighted by atomic mass is 10.00. The lowest BCUT2D eigenvalue weighted by Gasteiger charge is -2.10. The first-order valence-corrected chi connectivity index (χ1v) is 14.8. The minimum Gasteiger partial charge on any atom is -0.232 e. The fraction of sp³-hybridized carbons (Fsp3) is 0.0250. The summed E-state index contributed by atoms with van der Waals surface area (Å²) in [4.78, 5) is 10.0. The summed E-state index contributed by atoms with van der Waals surface area (Å²) in [5, 5.41) is 7.65. The van der Waals surface area contributed by atoms with Gasteiger partial charge in [-0.25, -0.2) is 14.5 Å². The predicted octanol–water partition coefficient (Wildman–Crippen LogP) is 9.92. The molecule has 208 valence electrons. The molecule has 3 heterocycles. The van der Waals surface area contributed by atoms with Crippen molar-refractivity contribution in [2.45, 2.75) is 6.92 Å². The van der Waals surface area contributed by atoms with Gasteiger partial charge in [-0.3, -0.25) is 0 Å². The van der Waals surface area contributed by atoms with E-state index in [2.05, 4.69) is 121 Å². The molecule has 0 bridgehead atoms. The van der Waals surface area contributed by atoms with Gasteiger partial charge in [0.15, 0.2) is 5.82 Å². The number of rotatable bonds is 5. The van der Waals surface area contributed by atoms with Crippen LogP contribution in [0.1, 0.15) is 5.56 Å². The zero-order valence-corrected chi connectivity index (χ0v) is 24.2. The zero-order chi connectivity index (χ0) is 29.5. The van der Waals surface area contributed by atoms with Gasteiger partial charge in [0.2, 0.25) is 0 Å². The SMILES string of the molecule is Cc1c(-c2cccc(-c3cc(-c4ccccc4)nc(-c4ccccc4)n3)c2)nn2c(-c3ccccc3)cc3ccccc3c12. The molecule has 8 rings (SSSR count). The van der Waals surface area contributed by atoms with Gasteiger partial charge in [-0.1, -0.05) is 133 Å². The Morgan fingerprint density at radius 2 is 1.05 bits per heavy atom. The van der Waals surface area contributed by atoms with E-state index in [-0.39, 0.29) is 0 Å². The Balaban J connectivity index is 1.32. The van der Waals surface area contributed by atoms with Gasteiger partial charge >= 0.3 is 0 Å². The van der Waals surface area contributed by atoms with Crippen molar-refractivity contribution in [2.75, 3.05) is 0 Å². The van der Waals surface area contributed by atoms with E-state index in [0.29, 0.717) is 5.82 Å². The molecule has 0 unspecified atom stereocenters. The number of fused-ring (bicyclic) bond motifs is 3. The van der Waals surface area contributed by atoms with E-state index in [1.165, 1.54) is 10.8 Å². The van der Waals surface area contributed by atoms with Crippen LogP contribution in [0.3, 0.4) is 0 Å². The number of aryl methyl sites for hydroxylation is 1. The summed E-state index contributed by atoms with van der Waals surface area (Å²) in [7, 11) is 0. The molecule has 0 aliphatic heterocycles. The van der Waals surface area contributed by atoms with Crippen LogP contribution in [0.2, 0.25) is 0 Å². The third-order valence-corrected chi connectivity index (χ3v) is 8.19. The minimum atomic E-state index is 0.704.